The van der Waals surface area contributed by atoms with Gasteiger partial charge < -0.3 is 14.9 Å². The maximum absolute atomic E-state index is 12.1. The number of hydrogen-bond donors (Lipinski definition) is 3. The second-order valence-electron chi connectivity index (χ2n) is 5.75. The highest BCUT2D eigenvalue weighted by Crippen LogP contribution is 2.42. The molecule has 1 aliphatic heterocycles. The Kier molecular flexibility index (Phi) is 4.96. The van der Waals surface area contributed by atoms with E-state index in [9.17, 15) is 29.4 Å². The number of carbonyl (C=O) groups excluding carboxylic acids is 2. The second-order valence-corrected chi connectivity index (χ2v) is 6.73. The Morgan fingerprint density at radius 1 is 1.46 bits per heavy atom. The van der Waals surface area contributed by atoms with Gasteiger partial charge in [-0.25, -0.2) is 4.79 Å². The zero-order chi connectivity index (χ0) is 18.4. The molecule has 2 heterocycles. The van der Waals surface area contributed by atoms with E-state index >= 15 is 0 Å². The van der Waals surface area contributed by atoms with Gasteiger partial charge in [-0.2, -0.15) is 0 Å². The number of alkyl halides is 1. The van der Waals surface area contributed by atoms with Crippen LogP contribution in [0.25, 0.3) is 0 Å². The SMILES string of the molecule is CC(=O)[C@@]1(O)[C@@H](C(=O)C(C)O)O[C@@H](n2cc(C)c(=O)[nH]c2=O)[C@@H]1Br. The number of ketones is 2. The first-order valence-corrected chi connectivity index (χ1v) is 8.00. The predicted molar refractivity (Wildman–Crippen MR) is 85.0 cm³/mol. The zero-order valence-electron chi connectivity index (χ0n) is 13.1. The highest BCUT2D eigenvalue weighted by Gasteiger charge is 2.61. The quantitative estimate of drug-likeness (QED) is 0.534. The van der Waals surface area contributed by atoms with Crippen LogP contribution >= 0.6 is 15.9 Å². The van der Waals surface area contributed by atoms with Crippen molar-refractivity contribution in [3.8, 4) is 0 Å². The molecule has 1 unspecified atom stereocenters. The molecule has 2 rings (SSSR count). The Balaban J connectivity index is 2.58. The molecule has 24 heavy (non-hydrogen) atoms. The number of aromatic nitrogens is 2. The van der Waals surface area contributed by atoms with Crippen LogP contribution in [0.4, 0.5) is 0 Å². The van der Waals surface area contributed by atoms with Gasteiger partial charge in [-0.3, -0.25) is 23.9 Å². The maximum atomic E-state index is 12.1. The number of rotatable bonds is 4. The highest BCUT2D eigenvalue weighted by atomic mass is 79.9. The summed E-state index contributed by atoms with van der Waals surface area (Å²) in [6, 6.07) is 0. The van der Waals surface area contributed by atoms with Crippen molar-refractivity contribution >= 4 is 27.5 Å². The van der Waals surface area contributed by atoms with Gasteiger partial charge in [0, 0.05) is 11.8 Å². The number of hydrogen-bond acceptors (Lipinski definition) is 7. The fourth-order valence-corrected chi connectivity index (χ4v) is 3.48. The standard InChI is InChI=1S/C14H17BrN2O7/c1-5-4-17(13(22)16-11(5)21)12-9(15)14(23,7(3)19)10(24-12)8(20)6(2)18/h4,6,9-10,12,18,23H,1-3H3,(H,16,21,22)/t6?,9-,10+,12+,14-/m0/s1. The number of nitrogens with zero attached hydrogens (tertiary/aromatic N) is 1. The summed E-state index contributed by atoms with van der Waals surface area (Å²) < 4.78 is 6.42. The lowest BCUT2D eigenvalue weighted by atomic mass is 9.87. The van der Waals surface area contributed by atoms with E-state index in [1.54, 1.807) is 0 Å². The van der Waals surface area contributed by atoms with Crippen LogP contribution in [0.1, 0.15) is 25.6 Å². The monoisotopic (exact) mass is 404 g/mol. The average Bonchev–Trinajstić information content (AvgIpc) is 2.76. The number of Topliss-reactive ketones (excluding diaryl/α,β-unsaturated/α-hetero) is 2. The summed E-state index contributed by atoms with van der Waals surface area (Å²) in [4.78, 5) is 48.5. The number of carbonyl (C=O) groups is 2. The number of H-pyrrole nitrogens is 1. The summed E-state index contributed by atoms with van der Waals surface area (Å²) in [6.07, 6.45) is -3.18. The molecule has 0 aromatic carbocycles. The van der Waals surface area contributed by atoms with E-state index in [1.165, 1.54) is 20.0 Å². The van der Waals surface area contributed by atoms with Crippen LogP contribution in [0.2, 0.25) is 0 Å². The number of aromatic amines is 1. The lowest BCUT2D eigenvalue weighted by molar-refractivity contribution is -0.157. The maximum Gasteiger partial charge on any atom is 0.330 e. The summed E-state index contributed by atoms with van der Waals surface area (Å²) in [7, 11) is 0. The zero-order valence-corrected chi connectivity index (χ0v) is 14.7. The van der Waals surface area contributed by atoms with E-state index in [1.807, 2.05) is 0 Å². The molecule has 1 saturated heterocycles. The third-order valence-corrected chi connectivity index (χ3v) is 5.15. The van der Waals surface area contributed by atoms with E-state index in [2.05, 4.69) is 20.9 Å². The molecule has 5 atom stereocenters. The van der Waals surface area contributed by atoms with Crippen LogP contribution in [0.5, 0.6) is 0 Å². The van der Waals surface area contributed by atoms with Gasteiger partial charge >= 0.3 is 5.69 Å². The molecule has 1 aromatic rings. The highest BCUT2D eigenvalue weighted by molar-refractivity contribution is 9.09. The number of halogens is 1. The van der Waals surface area contributed by atoms with Crippen LogP contribution in [-0.2, 0) is 14.3 Å². The van der Waals surface area contributed by atoms with E-state index in [-0.39, 0.29) is 5.56 Å². The number of aliphatic hydroxyl groups is 2. The van der Waals surface area contributed by atoms with Crippen LogP contribution in [0, 0.1) is 6.92 Å². The van der Waals surface area contributed by atoms with Crippen molar-refractivity contribution in [1.82, 2.24) is 9.55 Å². The molecule has 9 nitrogen and oxygen atoms in total. The molecular weight excluding hydrogens is 388 g/mol. The van der Waals surface area contributed by atoms with Crippen molar-refractivity contribution in [1.29, 1.82) is 0 Å². The van der Waals surface area contributed by atoms with Gasteiger partial charge in [0.1, 0.15) is 6.10 Å². The van der Waals surface area contributed by atoms with Crippen LogP contribution in [0.3, 0.4) is 0 Å². The Morgan fingerprint density at radius 3 is 2.54 bits per heavy atom. The lowest BCUT2D eigenvalue weighted by Gasteiger charge is -2.27. The van der Waals surface area contributed by atoms with Gasteiger partial charge in [-0.05, 0) is 20.8 Å². The van der Waals surface area contributed by atoms with Crippen molar-refractivity contribution in [2.45, 2.75) is 49.6 Å². The Bertz CT molecular complexity index is 799. The number of aliphatic hydroxyl groups excluding tert-OH is 1. The summed E-state index contributed by atoms with van der Waals surface area (Å²) >= 11 is 3.12. The van der Waals surface area contributed by atoms with E-state index in [4.69, 9.17) is 4.74 Å². The molecule has 3 N–H and O–H groups in total. The fraction of sp³-hybridized carbons (Fsp3) is 0.571. The minimum absolute atomic E-state index is 0.203. The molecule has 132 valence electrons. The number of ether oxygens (including phenoxy) is 1. The van der Waals surface area contributed by atoms with E-state index in [0.717, 1.165) is 11.5 Å². The van der Waals surface area contributed by atoms with Crippen molar-refractivity contribution in [2.24, 2.45) is 0 Å². The van der Waals surface area contributed by atoms with Crippen LogP contribution < -0.4 is 11.2 Å². The first-order valence-electron chi connectivity index (χ1n) is 7.08. The molecule has 10 heteroatoms. The summed E-state index contributed by atoms with van der Waals surface area (Å²) in [5.74, 6) is -1.66. The van der Waals surface area contributed by atoms with Gasteiger partial charge in [-0.1, -0.05) is 15.9 Å². The molecule has 1 aromatic heterocycles. The largest absolute Gasteiger partial charge is 0.386 e. The molecule has 0 spiro atoms. The van der Waals surface area contributed by atoms with Crippen molar-refractivity contribution in [3.63, 3.8) is 0 Å². The predicted octanol–water partition coefficient (Wildman–Crippen LogP) is -1.22. The minimum Gasteiger partial charge on any atom is -0.386 e. The molecule has 0 saturated carbocycles. The average molecular weight is 405 g/mol. The molecule has 0 amide bonds. The topological polar surface area (TPSA) is 139 Å². The summed E-state index contributed by atoms with van der Waals surface area (Å²) in [5.41, 5.74) is -3.48. The van der Waals surface area contributed by atoms with Gasteiger partial charge in [0.2, 0.25) is 0 Å². The smallest absolute Gasteiger partial charge is 0.330 e. The third-order valence-electron chi connectivity index (χ3n) is 4.00. The van der Waals surface area contributed by atoms with Gasteiger partial charge in [-0.15, -0.1) is 0 Å². The van der Waals surface area contributed by atoms with E-state index in [0.29, 0.717) is 0 Å². The fourth-order valence-electron chi connectivity index (χ4n) is 2.54. The van der Waals surface area contributed by atoms with Crippen LogP contribution in [-0.4, -0.2) is 54.0 Å². The second kappa shape index (κ2) is 6.36. The first kappa shape index (κ1) is 18.7. The van der Waals surface area contributed by atoms with Crippen molar-refractivity contribution in [3.05, 3.63) is 32.6 Å². The molecule has 0 radical (unpaired) electrons. The van der Waals surface area contributed by atoms with Crippen LogP contribution in [0.15, 0.2) is 15.8 Å². The van der Waals surface area contributed by atoms with Gasteiger partial charge in [0.25, 0.3) is 5.56 Å². The third kappa shape index (κ3) is 2.79. The van der Waals surface area contributed by atoms with Crippen molar-refractivity contribution < 1.29 is 24.5 Å². The Morgan fingerprint density at radius 2 is 2.04 bits per heavy atom. The Hall–Kier alpha value is -1.62. The van der Waals surface area contributed by atoms with E-state index < -0.39 is 51.7 Å². The molecular formula is C14H17BrN2O7. The van der Waals surface area contributed by atoms with Gasteiger partial charge in [0.15, 0.2) is 29.5 Å². The number of nitrogens with one attached hydrogen (secondary N) is 1. The summed E-state index contributed by atoms with van der Waals surface area (Å²) in [5, 5.41) is 20.2. The molecule has 0 bridgehead atoms. The molecule has 1 aliphatic rings. The van der Waals surface area contributed by atoms with Crippen molar-refractivity contribution in [2.75, 3.05) is 0 Å². The first-order chi connectivity index (χ1) is 11.0. The minimum atomic E-state index is -2.28. The molecule has 0 aliphatic carbocycles. The Labute approximate surface area is 144 Å². The summed E-state index contributed by atoms with van der Waals surface area (Å²) in [6.45, 7) is 3.71. The lowest BCUT2D eigenvalue weighted by Crippen LogP contribution is -2.55. The van der Waals surface area contributed by atoms with Gasteiger partial charge in [0.05, 0.1) is 4.83 Å². The normalized spacial score (nSPS) is 31.0. The molecule has 1 fully saturated rings. The number of aryl methyl sites for hydroxylation is 1.